The zero-order chi connectivity index (χ0) is 15.4. The Morgan fingerprint density at radius 1 is 1.48 bits per heavy atom. The Balaban J connectivity index is 2.21. The SMILES string of the molecule is CCOC(=O)c1cnc(C2CSC(C)C(C)S2)nc1CCl. The van der Waals surface area contributed by atoms with Gasteiger partial charge in [-0.1, -0.05) is 13.8 Å². The number of aromatic nitrogens is 2. The third kappa shape index (κ3) is 4.05. The van der Waals surface area contributed by atoms with E-state index in [1.54, 1.807) is 13.1 Å². The van der Waals surface area contributed by atoms with E-state index in [4.69, 9.17) is 16.3 Å². The van der Waals surface area contributed by atoms with Crippen molar-refractivity contribution in [2.45, 2.75) is 42.4 Å². The zero-order valence-electron chi connectivity index (χ0n) is 12.3. The second kappa shape index (κ2) is 7.70. The minimum atomic E-state index is -0.410. The molecule has 1 aliphatic heterocycles. The quantitative estimate of drug-likeness (QED) is 0.612. The van der Waals surface area contributed by atoms with Crippen molar-refractivity contribution in [3.8, 4) is 0 Å². The molecular weight excluding hydrogens is 328 g/mol. The van der Waals surface area contributed by atoms with E-state index in [9.17, 15) is 4.79 Å². The Morgan fingerprint density at radius 3 is 2.86 bits per heavy atom. The topological polar surface area (TPSA) is 52.1 Å². The summed E-state index contributed by atoms with van der Waals surface area (Å²) in [5.41, 5.74) is 0.919. The maximum Gasteiger partial charge on any atom is 0.341 e. The number of hydrogen-bond acceptors (Lipinski definition) is 6. The number of halogens is 1. The van der Waals surface area contributed by atoms with Crippen molar-refractivity contribution in [2.75, 3.05) is 12.4 Å². The fourth-order valence-corrected chi connectivity index (χ4v) is 5.04. The molecule has 0 aromatic carbocycles. The van der Waals surface area contributed by atoms with Crippen molar-refractivity contribution in [3.05, 3.63) is 23.3 Å². The van der Waals surface area contributed by atoms with E-state index in [0.717, 1.165) is 11.6 Å². The van der Waals surface area contributed by atoms with Crippen LogP contribution in [0.15, 0.2) is 6.20 Å². The van der Waals surface area contributed by atoms with Crippen molar-refractivity contribution >= 4 is 41.1 Å². The monoisotopic (exact) mass is 346 g/mol. The highest BCUT2D eigenvalue weighted by atomic mass is 35.5. The first-order valence-electron chi connectivity index (χ1n) is 6.92. The summed E-state index contributed by atoms with van der Waals surface area (Å²) in [4.78, 5) is 20.7. The first-order chi connectivity index (χ1) is 10.1. The van der Waals surface area contributed by atoms with E-state index in [1.807, 2.05) is 23.5 Å². The summed E-state index contributed by atoms with van der Waals surface area (Å²) in [7, 11) is 0. The van der Waals surface area contributed by atoms with Gasteiger partial charge in [0.05, 0.1) is 23.4 Å². The highest BCUT2D eigenvalue weighted by Gasteiger charge is 2.29. The van der Waals surface area contributed by atoms with E-state index < -0.39 is 5.97 Å². The molecule has 3 atom stereocenters. The van der Waals surface area contributed by atoms with Gasteiger partial charge in [0.1, 0.15) is 11.4 Å². The fraction of sp³-hybridized carbons (Fsp3) is 0.643. The van der Waals surface area contributed by atoms with E-state index in [0.29, 0.717) is 28.4 Å². The average molecular weight is 347 g/mol. The van der Waals surface area contributed by atoms with Crippen LogP contribution in [0, 0.1) is 0 Å². The average Bonchev–Trinajstić information content (AvgIpc) is 2.49. The first kappa shape index (κ1) is 16.9. The number of carbonyl (C=O) groups excluding carboxylic acids is 1. The second-order valence-electron chi connectivity index (χ2n) is 4.81. The van der Waals surface area contributed by atoms with Crippen LogP contribution in [0.4, 0.5) is 0 Å². The number of ether oxygens (including phenoxy) is 1. The predicted octanol–water partition coefficient (Wildman–Crippen LogP) is 3.69. The molecule has 1 fully saturated rings. The molecule has 0 N–H and O–H groups in total. The van der Waals surface area contributed by atoms with Crippen LogP contribution in [0.1, 0.15) is 47.9 Å². The molecule has 0 saturated carbocycles. The zero-order valence-corrected chi connectivity index (χ0v) is 14.7. The summed E-state index contributed by atoms with van der Waals surface area (Å²) in [5.74, 6) is 1.51. The van der Waals surface area contributed by atoms with Crippen molar-refractivity contribution in [2.24, 2.45) is 0 Å². The number of nitrogens with zero attached hydrogens (tertiary/aromatic N) is 2. The molecule has 1 saturated heterocycles. The van der Waals surface area contributed by atoms with E-state index >= 15 is 0 Å². The number of alkyl halides is 1. The third-order valence-corrected chi connectivity index (χ3v) is 6.99. The van der Waals surface area contributed by atoms with Gasteiger partial charge in [-0.25, -0.2) is 14.8 Å². The molecule has 1 aliphatic rings. The first-order valence-corrected chi connectivity index (χ1v) is 9.45. The van der Waals surface area contributed by atoms with Gasteiger partial charge >= 0.3 is 5.97 Å². The van der Waals surface area contributed by atoms with Gasteiger partial charge in [0.25, 0.3) is 0 Å². The summed E-state index contributed by atoms with van der Waals surface area (Å²) in [6, 6.07) is 0. The number of carbonyl (C=O) groups is 1. The molecule has 0 amide bonds. The Labute approximate surface area is 138 Å². The van der Waals surface area contributed by atoms with Crippen molar-refractivity contribution in [3.63, 3.8) is 0 Å². The number of hydrogen-bond donors (Lipinski definition) is 0. The Hall–Kier alpha value is -0.460. The third-order valence-electron chi connectivity index (χ3n) is 3.35. The maximum absolute atomic E-state index is 11.8. The summed E-state index contributed by atoms with van der Waals surface area (Å²) >= 11 is 9.75. The Bertz CT molecular complexity index is 516. The van der Waals surface area contributed by atoms with Crippen LogP contribution in [0.5, 0.6) is 0 Å². The van der Waals surface area contributed by atoms with Crippen molar-refractivity contribution < 1.29 is 9.53 Å². The van der Waals surface area contributed by atoms with Gasteiger partial charge in [-0.2, -0.15) is 11.8 Å². The molecule has 0 aliphatic carbocycles. The smallest absolute Gasteiger partial charge is 0.341 e. The summed E-state index contributed by atoms with van der Waals surface area (Å²) in [5, 5.41) is 1.44. The van der Waals surface area contributed by atoms with Gasteiger partial charge in [0, 0.05) is 22.4 Å². The summed E-state index contributed by atoms with van der Waals surface area (Å²) in [6.45, 7) is 6.57. The van der Waals surface area contributed by atoms with Crippen LogP contribution in [0.3, 0.4) is 0 Å². The molecule has 0 bridgehead atoms. The molecule has 0 spiro atoms. The molecule has 21 heavy (non-hydrogen) atoms. The molecule has 7 heteroatoms. The number of esters is 1. The van der Waals surface area contributed by atoms with Crippen LogP contribution >= 0.6 is 35.1 Å². The lowest BCUT2D eigenvalue weighted by atomic mass is 10.2. The molecule has 3 unspecified atom stereocenters. The minimum Gasteiger partial charge on any atom is -0.462 e. The van der Waals surface area contributed by atoms with E-state index in [1.165, 1.54) is 0 Å². The minimum absolute atomic E-state index is 0.181. The molecule has 116 valence electrons. The number of rotatable bonds is 4. The highest BCUT2D eigenvalue weighted by Crippen LogP contribution is 2.43. The standard InChI is InChI=1S/C14H19ClN2O2S2/c1-4-19-14(18)10-6-16-13(17-11(10)5-15)12-7-20-8(2)9(3)21-12/h6,8-9,12H,4-5,7H2,1-3H3. The molecular formula is C14H19ClN2O2S2. The van der Waals surface area contributed by atoms with Gasteiger partial charge in [0.15, 0.2) is 0 Å². The lowest BCUT2D eigenvalue weighted by molar-refractivity contribution is 0.0524. The highest BCUT2D eigenvalue weighted by molar-refractivity contribution is 8.07. The Morgan fingerprint density at radius 2 is 2.24 bits per heavy atom. The van der Waals surface area contributed by atoms with Gasteiger partial charge in [-0.05, 0) is 6.92 Å². The largest absolute Gasteiger partial charge is 0.462 e. The van der Waals surface area contributed by atoms with Gasteiger partial charge in [-0.15, -0.1) is 23.4 Å². The lowest BCUT2D eigenvalue weighted by Crippen LogP contribution is -2.23. The molecule has 1 aromatic heterocycles. The summed E-state index contributed by atoms with van der Waals surface area (Å²) < 4.78 is 5.00. The van der Waals surface area contributed by atoms with E-state index in [2.05, 4.69) is 23.8 Å². The van der Waals surface area contributed by atoms with Gasteiger partial charge in [-0.3, -0.25) is 0 Å². The normalized spacial score (nSPS) is 25.6. The van der Waals surface area contributed by atoms with Crippen LogP contribution in [-0.2, 0) is 10.6 Å². The van der Waals surface area contributed by atoms with Gasteiger partial charge in [0.2, 0.25) is 0 Å². The molecule has 1 aromatic rings. The lowest BCUT2D eigenvalue weighted by Gasteiger charge is -2.30. The predicted molar refractivity (Wildman–Crippen MR) is 89.3 cm³/mol. The van der Waals surface area contributed by atoms with Gasteiger partial charge < -0.3 is 4.74 Å². The van der Waals surface area contributed by atoms with Crippen molar-refractivity contribution in [1.29, 1.82) is 0 Å². The fourth-order valence-electron chi connectivity index (χ4n) is 1.99. The molecule has 2 heterocycles. The molecule has 0 radical (unpaired) electrons. The Kier molecular flexibility index (Phi) is 6.20. The van der Waals surface area contributed by atoms with E-state index in [-0.39, 0.29) is 11.1 Å². The number of thioether (sulfide) groups is 2. The van der Waals surface area contributed by atoms with Crippen LogP contribution < -0.4 is 0 Å². The van der Waals surface area contributed by atoms with Crippen LogP contribution in [0.2, 0.25) is 0 Å². The van der Waals surface area contributed by atoms with Crippen LogP contribution in [-0.4, -0.2) is 38.8 Å². The molecule has 4 nitrogen and oxygen atoms in total. The van der Waals surface area contributed by atoms with Crippen LogP contribution in [0.25, 0.3) is 0 Å². The summed E-state index contributed by atoms with van der Waals surface area (Å²) in [6.07, 6.45) is 1.55. The molecule has 2 rings (SSSR count). The maximum atomic E-state index is 11.8. The second-order valence-corrected chi connectivity index (χ2v) is 8.07. The van der Waals surface area contributed by atoms with Crippen molar-refractivity contribution in [1.82, 2.24) is 9.97 Å².